The van der Waals surface area contributed by atoms with Crippen LogP contribution < -0.4 is 9.80 Å². The zero-order chi connectivity index (χ0) is 36.4. The summed E-state index contributed by atoms with van der Waals surface area (Å²) in [6, 6.07) is 63.4. The van der Waals surface area contributed by atoms with E-state index in [1.165, 1.54) is 146 Å². The second-order valence-corrected chi connectivity index (χ2v) is 18.5. The standard InChI is InChI=1S/C54H28N2S/c1-2-12-35-32(7-1)25-42-54-53(35)56-41-27-34-11-4-9-29-18-20-31-22-24-37(50(41)48(31)46(29)34)39-14-6-16-44(52(39)56)57(54)43-15-5-13-38-36-23-21-30-19-17-28-8-3-10-33-26-40(55(42)51(38)43)49(36)47(30)45(28)33/h1-27,57H. The van der Waals surface area contributed by atoms with Crippen LogP contribution in [-0.4, -0.2) is 0 Å². The van der Waals surface area contributed by atoms with E-state index in [1.54, 1.807) is 0 Å². The van der Waals surface area contributed by atoms with Crippen LogP contribution in [0.1, 0.15) is 0 Å². The van der Waals surface area contributed by atoms with Crippen molar-refractivity contribution in [3.05, 3.63) is 164 Å². The van der Waals surface area contributed by atoms with Gasteiger partial charge in [-0.15, -0.1) is 0 Å². The topological polar surface area (TPSA) is 6.48 Å². The van der Waals surface area contributed by atoms with Crippen LogP contribution in [0, 0.1) is 0 Å². The van der Waals surface area contributed by atoms with Crippen molar-refractivity contribution in [3.8, 4) is 22.3 Å². The molecule has 4 aliphatic rings. The first kappa shape index (κ1) is 28.4. The Morgan fingerprint density at radius 3 is 1.40 bits per heavy atom. The Kier molecular flexibility index (Phi) is 4.63. The third kappa shape index (κ3) is 3.05. The van der Waals surface area contributed by atoms with Crippen molar-refractivity contribution < 1.29 is 0 Å². The van der Waals surface area contributed by atoms with Crippen molar-refractivity contribution in [3.63, 3.8) is 0 Å². The number of para-hydroxylation sites is 2. The second kappa shape index (κ2) is 9.30. The van der Waals surface area contributed by atoms with Crippen LogP contribution in [0.5, 0.6) is 0 Å². The Labute approximate surface area is 329 Å². The molecular weight excluding hydrogens is 709 g/mol. The molecule has 0 saturated carbocycles. The van der Waals surface area contributed by atoms with E-state index in [0.717, 1.165) is 0 Å². The molecule has 1 atom stereocenters. The van der Waals surface area contributed by atoms with Crippen LogP contribution in [0.3, 0.4) is 0 Å². The van der Waals surface area contributed by atoms with Gasteiger partial charge in [0.1, 0.15) is 0 Å². The number of hydrogen-bond donors (Lipinski definition) is 1. The number of anilines is 6. The summed E-state index contributed by atoms with van der Waals surface area (Å²) in [5.41, 5.74) is 13.3. The van der Waals surface area contributed by atoms with Crippen LogP contribution in [0.2, 0.25) is 0 Å². The molecule has 0 spiro atoms. The smallest absolute Gasteiger partial charge is 0.0687 e. The van der Waals surface area contributed by atoms with Crippen molar-refractivity contribution in [2.75, 3.05) is 9.80 Å². The minimum absolute atomic E-state index is 0.925. The summed E-state index contributed by atoms with van der Waals surface area (Å²) in [5, 5.41) is 18.6. The molecule has 0 N–H and O–H groups in total. The molecule has 1 unspecified atom stereocenters. The number of rotatable bonds is 0. The van der Waals surface area contributed by atoms with Gasteiger partial charge in [0.15, 0.2) is 0 Å². The molecule has 0 aromatic heterocycles. The quantitative estimate of drug-likeness (QED) is 0.122. The largest absolute Gasteiger partial charge is 0.307 e. The summed E-state index contributed by atoms with van der Waals surface area (Å²) in [6.07, 6.45) is 0. The lowest BCUT2D eigenvalue weighted by atomic mass is 9.84. The van der Waals surface area contributed by atoms with Crippen molar-refractivity contribution in [2.45, 2.75) is 14.7 Å². The zero-order valence-electron chi connectivity index (χ0n) is 30.4. The predicted octanol–water partition coefficient (Wildman–Crippen LogP) is 15.6. The van der Waals surface area contributed by atoms with Crippen LogP contribution in [0.25, 0.3) is 97.7 Å². The molecular formula is C54H28N2S. The van der Waals surface area contributed by atoms with Gasteiger partial charge in [-0.1, -0.05) is 133 Å². The summed E-state index contributed by atoms with van der Waals surface area (Å²) in [4.78, 5) is 9.73. The van der Waals surface area contributed by atoms with Gasteiger partial charge in [-0.3, -0.25) is 0 Å². The van der Waals surface area contributed by atoms with Crippen LogP contribution in [0.15, 0.2) is 178 Å². The predicted molar refractivity (Wildman–Crippen MR) is 242 cm³/mol. The average molecular weight is 737 g/mol. The number of benzene rings is 12. The van der Waals surface area contributed by atoms with E-state index in [4.69, 9.17) is 0 Å². The molecule has 57 heavy (non-hydrogen) atoms. The van der Waals surface area contributed by atoms with Crippen LogP contribution >= 0.6 is 10.9 Å². The fraction of sp³-hybridized carbons (Fsp3) is 0. The van der Waals surface area contributed by atoms with Crippen molar-refractivity contribution in [1.82, 2.24) is 0 Å². The molecule has 0 radical (unpaired) electrons. The number of nitrogens with zero attached hydrogens (tertiary/aromatic N) is 2. The molecule has 2 nitrogen and oxygen atoms in total. The van der Waals surface area contributed by atoms with Gasteiger partial charge in [0, 0.05) is 52.7 Å². The Balaban J connectivity index is 1.12. The van der Waals surface area contributed by atoms with Gasteiger partial charge in [-0.2, -0.15) is 10.9 Å². The summed E-state index contributed by atoms with van der Waals surface area (Å²) in [6.45, 7) is 0. The molecule has 16 rings (SSSR count). The maximum Gasteiger partial charge on any atom is 0.0687 e. The average Bonchev–Trinajstić information content (AvgIpc) is 3.26. The third-order valence-electron chi connectivity index (χ3n) is 13.9. The highest BCUT2D eigenvalue weighted by Crippen LogP contribution is 2.76. The van der Waals surface area contributed by atoms with Gasteiger partial charge in [0.05, 0.1) is 34.1 Å². The second-order valence-electron chi connectivity index (χ2n) is 16.4. The molecule has 12 aromatic rings. The third-order valence-corrected chi connectivity index (χ3v) is 16.5. The van der Waals surface area contributed by atoms with Crippen molar-refractivity contribution in [1.29, 1.82) is 0 Å². The molecule has 0 bridgehead atoms. The molecule has 260 valence electrons. The number of thiol groups is 1. The highest BCUT2D eigenvalue weighted by Gasteiger charge is 2.45. The highest BCUT2D eigenvalue weighted by molar-refractivity contribution is 8.17. The van der Waals surface area contributed by atoms with E-state index in [0.29, 0.717) is 0 Å². The van der Waals surface area contributed by atoms with Gasteiger partial charge in [0.25, 0.3) is 0 Å². The molecule has 0 amide bonds. The Morgan fingerprint density at radius 2 is 0.772 bits per heavy atom. The highest BCUT2D eigenvalue weighted by atomic mass is 32.2. The van der Waals surface area contributed by atoms with E-state index in [-0.39, 0.29) is 0 Å². The van der Waals surface area contributed by atoms with Crippen LogP contribution in [-0.2, 0) is 0 Å². The fourth-order valence-corrected chi connectivity index (χ4v) is 14.7. The maximum atomic E-state index is 2.71. The summed E-state index contributed by atoms with van der Waals surface area (Å²) < 4.78 is 0. The molecule has 0 fully saturated rings. The summed E-state index contributed by atoms with van der Waals surface area (Å²) >= 11 is 0. The van der Waals surface area contributed by atoms with Crippen molar-refractivity contribution >= 4 is 120 Å². The minimum Gasteiger partial charge on any atom is -0.307 e. The Bertz CT molecular complexity index is 3890. The molecule has 4 aliphatic heterocycles. The van der Waals surface area contributed by atoms with Gasteiger partial charge in [-0.25, -0.2) is 0 Å². The first-order valence-electron chi connectivity index (χ1n) is 19.9. The summed E-state index contributed by atoms with van der Waals surface area (Å²) in [5.74, 6) is 0. The van der Waals surface area contributed by atoms with Crippen molar-refractivity contribution in [2.24, 2.45) is 0 Å². The molecule has 4 heterocycles. The van der Waals surface area contributed by atoms with Gasteiger partial charge < -0.3 is 9.80 Å². The lowest BCUT2D eigenvalue weighted by Crippen LogP contribution is -2.27. The minimum atomic E-state index is -0.925. The number of hydrogen-bond acceptors (Lipinski definition) is 2. The first-order valence-corrected chi connectivity index (χ1v) is 21.3. The molecule has 12 aromatic carbocycles. The number of fused-ring (bicyclic) bond motifs is 10. The normalized spacial score (nSPS) is 16.1. The lowest BCUT2D eigenvalue weighted by molar-refractivity contribution is 1.10. The van der Waals surface area contributed by atoms with E-state index >= 15 is 0 Å². The van der Waals surface area contributed by atoms with Gasteiger partial charge >= 0.3 is 0 Å². The molecule has 3 heteroatoms. The Hall–Kier alpha value is -7.07. The monoisotopic (exact) mass is 736 g/mol. The van der Waals surface area contributed by atoms with E-state index < -0.39 is 10.9 Å². The first-order chi connectivity index (χ1) is 28.3. The van der Waals surface area contributed by atoms with Gasteiger partial charge in [-0.05, 0) is 89.9 Å². The van der Waals surface area contributed by atoms with E-state index in [2.05, 4.69) is 174 Å². The molecule has 0 saturated heterocycles. The lowest BCUT2D eigenvalue weighted by Gasteiger charge is -2.50. The van der Waals surface area contributed by atoms with Gasteiger partial charge in [0.2, 0.25) is 0 Å². The van der Waals surface area contributed by atoms with Crippen LogP contribution in [0.4, 0.5) is 34.1 Å². The van der Waals surface area contributed by atoms with E-state index in [1.807, 2.05) is 0 Å². The Morgan fingerprint density at radius 1 is 0.298 bits per heavy atom. The maximum absolute atomic E-state index is 2.71. The van der Waals surface area contributed by atoms with E-state index in [9.17, 15) is 0 Å². The zero-order valence-corrected chi connectivity index (χ0v) is 31.3. The SMILES string of the molecule is c1cc2c3c(c1)[SH]1c4cccc5c4N(c4c1c(cc1ccccc41)N3c1cc3cccc4ccc6ccc-2c1c6c43)c1cc2cccc3ccc4ccc-5c1c4c32. The fourth-order valence-electron chi connectivity index (χ4n) is 11.8. The summed E-state index contributed by atoms with van der Waals surface area (Å²) in [7, 11) is -0.925. The molecule has 0 aliphatic carbocycles.